The molecule has 0 aliphatic carbocycles. The molecule has 0 spiro atoms. The molecule has 0 amide bonds. The molecule has 35 heavy (non-hydrogen) atoms. The zero-order chi connectivity index (χ0) is 24.2. The Morgan fingerprint density at radius 3 is 2.43 bits per heavy atom. The molecule has 184 valence electrons. The van der Waals surface area contributed by atoms with E-state index >= 15 is 0 Å². The molecule has 3 aliphatic rings. The number of anilines is 1. The van der Waals surface area contributed by atoms with Crippen molar-refractivity contribution in [3.05, 3.63) is 58.9 Å². The number of alkyl halides is 3. The molecule has 3 aliphatic heterocycles. The van der Waals surface area contributed by atoms with Crippen LogP contribution in [0.5, 0.6) is 0 Å². The van der Waals surface area contributed by atoms with Crippen molar-refractivity contribution >= 4 is 17.5 Å². The van der Waals surface area contributed by atoms with Crippen molar-refractivity contribution in [2.45, 2.75) is 43.6 Å². The molecule has 0 unspecified atom stereocenters. The van der Waals surface area contributed by atoms with Crippen LogP contribution in [0.3, 0.4) is 0 Å². The summed E-state index contributed by atoms with van der Waals surface area (Å²) in [4.78, 5) is 12.2. The van der Waals surface area contributed by atoms with Crippen LogP contribution in [-0.4, -0.2) is 67.7 Å². The van der Waals surface area contributed by atoms with Crippen LogP contribution in [0.1, 0.15) is 36.0 Å². The monoisotopic (exact) mass is 505 g/mol. The lowest BCUT2D eigenvalue weighted by Gasteiger charge is -2.49. The zero-order valence-corrected chi connectivity index (χ0v) is 19.5. The SMILES string of the molecule is FC(F)(F)C1(N2Cc3cc(Cl)ccc3-n3c(nnc3C3CCN(c4ncccn4)CC3)C2)COC1. The largest absolute Gasteiger partial charge is 0.411 e. The highest BCUT2D eigenvalue weighted by atomic mass is 35.5. The lowest BCUT2D eigenvalue weighted by atomic mass is 9.93. The van der Waals surface area contributed by atoms with Crippen LogP contribution < -0.4 is 4.90 Å². The van der Waals surface area contributed by atoms with Crippen molar-refractivity contribution in [2.24, 2.45) is 0 Å². The van der Waals surface area contributed by atoms with Gasteiger partial charge in [0.15, 0.2) is 11.4 Å². The first kappa shape index (κ1) is 22.7. The van der Waals surface area contributed by atoms with E-state index in [4.69, 9.17) is 16.3 Å². The first-order chi connectivity index (χ1) is 16.9. The van der Waals surface area contributed by atoms with Crippen molar-refractivity contribution in [3.8, 4) is 5.69 Å². The number of ether oxygens (including phenoxy) is 1. The second-order valence-corrected chi connectivity index (χ2v) is 9.71. The fourth-order valence-electron chi connectivity index (χ4n) is 5.21. The predicted octanol–water partition coefficient (Wildman–Crippen LogP) is 3.74. The standard InChI is InChI=1S/C23H23ClF3N7O/c24-17-2-3-18-16(10-17)11-33(22(13-35-14-22)23(25,26)27)12-19-30-31-20(34(18)19)15-4-8-32(9-5-15)21-28-6-1-7-29-21/h1-3,6-7,10,15H,4-5,8-9,11-14H2. The van der Waals surface area contributed by atoms with E-state index in [1.54, 1.807) is 30.6 Å². The van der Waals surface area contributed by atoms with Gasteiger partial charge in [0.05, 0.1) is 25.4 Å². The molecule has 8 nitrogen and oxygen atoms in total. The van der Waals surface area contributed by atoms with E-state index in [0.717, 1.165) is 37.4 Å². The van der Waals surface area contributed by atoms with E-state index in [1.807, 2.05) is 10.6 Å². The Morgan fingerprint density at radius 2 is 1.77 bits per heavy atom. The minimum atomic E-state index is -4.44. The summed E-state index contributed by atoms with van der Waals surface area (Å²) in [6.45, 7) is 0.820. The molecule has 12 heteroatoms. The molecule has 2 fully saturated rings. The van der Waals surface area contributed by atoms with Crippen LogP contribution >= 0.6 is 11.6 Å². The summed E-state index contributed by atoms with van der Waals surface area (Å²) < 4.78 is 49.5. The van der Waals surface area contributed by atoms with Crippen LogP contribution in [0.2, 0.25) is 5.02 Å². The van der Waals surface area contributed by atoms with Gasteiger partial charge < -0.3 is 9.64 Å². The number of fused-ring (bicyclic) bond motifs is 3. The topological polar surface area (TPSA) is 72.2 Å². The van der Waals surface area contributed by atoms with Gasteiger partial charge in [0.2, 0.25) is 5.95 Å². The molecule has 0 N–H and O–H groups in total. The molecule has 0 bridgehead atoms. The number of benzene rings is 1. The van der Waals surface area contributed by atoms with Crippen molar-refractivity contribution < 1.29 is 17.9 Å². The van der Waals surface area contributed by atoms with Gasteiger partial charge in [-0.2, -0.15) is 13.2 Å². The maximum absolute atomic E-state index is 14.2. The lowest BCUT2D eigenvalue weighted by Crippen LogP contribution is -2.69. The second kappa shape index (κ2) is 8.42. The summed E-state index contributed by atoms with van der Waals surface area (Å²) in [5.74, 6) is 2.06. The number of piperidine rings is 1. The summed E-state index contributed by atoms with van der Waals surface area (Å²) in [6.07, 6.45) is 0.629. The third-order valence-corrected chi connectivity index (χ3v) is 7.48. The number of hydrogen-bond acceptors (Lipinski definition) is 7. The second-order valence-electron chi connectivity index (χ2n) is 9.27. The van der Waals surface area contributed by atoms with Gasteiger partial charge in [-0.3, -0.25) is 9.47 Å². The summed E-state index contributed by atoms with van der Waals surface area (Å²) in [5, 5.41) is 9.36. The van der Waals surface area contributed by atoms with E-state index < -0.39 is 24.9 Å². The number of aromatic nitrogens is 5. The van der Waals surface area contributed by atoms with E-state index in [0.29, 0.717) is 22.4 Å². The predicted molar refractivity (Wildman–Crippen MR) is 121 cm³/mol. The van der Waals surface area contributed by atoms with E-state index in [1.165, 1.54) is 4.90 Å². The van der Waals surface area contributed by atoms with Crippen LogP contribution in [0.25, 0.3) is 5.69 Å². The molecular formula is C23H23ClF3N7O. The Bertz CT molecular complexity index is 1220. The Hall–Kier alpha value is -2.76. The Balaban J connectivity index is 1.35. The molecule has 6 rings (SSSR count). The highest BCUT2D eigenvalue weighted by molar-refractivity contribution is 6.30. The summed E-state index contributed by atoms with van der Waals surface area (Å²) in [7, 11) is 0. The average molecular weight is 506 g/mol. The van der Waals surface area contributed by atoms with Crippen LogP contribution in [0.4, 0.5) is 19.1 Å². The fourth-order valence-corrected chi connectivity index (χ4v) is 5.40. The van der Waals surface area contributed by atoms with E-state index in [2.05, 4.69) is 25.1 Å². The molecule has 0 atom stereocenters. The normalized spacial score (nSPS) is 20.6. The highest BCUT2D eigenvalue weighted by Crippen LogP contribution is 2.44. The first-order valence-corrected chi connectivity index (χ1v) is 11.9. The molecule has 5 heterocycles. The number of rotatable bonds is 3. The van der Waals surface area contributed by atoms with Crippen molar-refractivity contribution in [2.75, 3.05) is 31.2 Å². The number of nitrogens with zero attached hydrogens (tertiary/aromatic N) is 7. The molecule has 3 aromatic rings. The maximum atomic E-state index is 14.2. The smallest absolute Gasteiger partial charge is 0.377 e. The minimum Gasteiger partial charge on any atom is -0.377 e. The third-order valence-electron chi connectivity index (χ3n) is 7.24. The van der Waals surface area contributed by atoms with Gasteiger partial charge in [-0.05, 0) is 42.7 Å². The average Bonchev–Trinajstić information content (AvgIpc) is 3.14. The summed E-state index contributed by atoms with van der Waals surface area (Å²) in [6, 6.07) is 7.13. The van der Waals surface area contributed by atoms with Crippen LogP contribution in [0.15, 0.2) is 36.7 Å². The van der Waals surface area contributed by atoms with Gasteiger partial charge in [-0.25, -0.2) is 9.97 Å². The molecule has 0 saturated carbocycles. The summed E-state index contributed by atoms with van der Waals surface area (Å²) >= 11 is 6.27. The van der Waals surface area contributed by atoms with Crippen molar-refractivity contribution in [1.82, 2.24) is 29.6 Å². The van der Waals surface area contributed by atoms with Gasteiger partial charge in [-0.1, -0.05) is 11.6 Å². The summed E-state index contributed by atoms with van der Waals surface area (Å²) in [5.41, 5.74) is -0.559. The van der Waals surface area contributed by atoms with Gasteiger partial charge in [0.25, 0.3) is 0 Å². The number of halogens is 4. The Labute approximate surface area is 204 Å². The van der Waals surface area contributed by atoms with Gasteiger partial charge in [0.1, 0.15) is 5.82 Å². The van der Waals surface area contributed by atoms with E-state index in [-0.39, 0.29) is 19.0 Å². The van der Waals surface area contributed by atoms with Crippen molar-refractivity contribution in [3.63, 3.8) is 0 Å². The van der Waals surface area contributed by atoms with E-state index in [9.17, 15) is 13.2 Å². The molecule has 2 aromatic heterocycles. The third kappa shape index (κ3) is 3.76. The van der Waals surface area contributed by atoms with Gasteiger partial charge >= 0.3 is 6.18 Å². The molecular weight excluding hydrogens is 483 g/mol. The Morgan fingerprint density at radius 1 is 1.03 bits per heavy atom. The molecule has 0 radical (unpaired) electrons. The molecule has 1 aromatic carbocycles. The lowest BCUT2D eigenvalue weighted by molar-refractivity contribution is -0.310. The maximum Gasteiger partial charge on any atom is 0.411 e. The quantitative estimate of drug-likeness (QED) is 0.537. The van der Waals surface area contributed by atoms with Crippen LogP contribution in [-0.2, 0) is 17.8 Å². The number of hydrogen-bond donors (Lipinski definition) is 0. The zero-order valence-electron chi connectivity index (χ0n) is 18.7. The first-order valence-electron chi connectivity index (χ1n) is 11.5. The van der Waals surface area contributed by atoms with Crippen LogP contribution in [0, 0.1) is 0 Å². The van der Waals surface area contributed by atoms with Gasteiger partial charge in [0, 0.05) is 43.0 Å². The Kier molecular flexibility index (Phi) is 5.46. The molecule has 2 saturated heterocycles. The minimum absolute atomic E-state index is 0.0128. The van der Waals surface area contributed by atoms with Crippen molar-refractivity contribution in [1.29, 1.82) is 0 Å². The highest BCUT2D eigenvalue weighted by Gasteiger charge is 2.63. The van der Waals surface area contributed by atoms with Gasteiger partial charge in [-0.15, -0.1) is 10.2 Å². The fraction of sp³-hybridized carbons (Fsp3) is 0.478.